The fourth-order valence-electron chi connectivity index (χ4n) is 7.03. The van der Waals surface area contributed by atoms with E-state index < -0.39 is 12.2 Å². The van der Waals surface area contributed by atoms with Crippen LogP contribution >= 0.6 is 0 Å². The Balaban J connectivity index is 1.44. The second-order valence-corrected chi connectivity index (χ2v) is 11.1. The standard InChI is InChI=1S/C27H42O3/c1-17(6-13-25(29)20-8-9-20)23-11-12-24-19(5-4-14-27(23,24)3)7-10-21-15-22(28)16-26(30)18(21)2/h7,10,17,20,22-26,28-30H,2,4-6,8-9,11-16H2,1,3H3/b19-7?,21-10-/t17-,22?,23-,24+,25-,26+,27-/m1/s1. The summed E-state index contributed by atoms with van der Waals surface area (Å²) in [7, 11) is 0. The first-order valence-corrected chi connectivity index (χ1v) is 12.4. The van der Waals surface area contributed by atoms with Gasteiger partial charge < -0.3 is 15.3 Å². The minimum absolute atomic E-state index is 0.0693. The summed E-state index contributed by atoms with van der Waals surface area (Å²) >= 11 is 0. The minimum atomic E-state index is -0.613. The van der Waals surface area contributed by atoms with Crippen molar-refractivity contribution in [1.29, 1.82) is 0 Å². The highest BCUT2D eigenvalue weighted by Gasteiger charge is 2.50. The molecule has 0 saturated heterocycles. The molecule has 0 bridgehead atoms. The number of aliphatic hydroxyl groups excluding tert-OH is 3. The molecular weight excluding hydrogens is 372 g/mol. The fourth-order valence-corrected chi connectivity index (χ4v) is 7.03. The molecule has 0 aliphatic heterocycles. The number of hydrogen-bond acceptors (Lipinski definition) is 3. The molecule has 4 saturated carbocycles. The van der Waals surface area contributed by atoms with E-state index in [0.717, 1.165) is 29.9 Å². The number of rotatable bonds is 6. The van der Waals surface area contributed by atoms with Crippen LogP contribution < -0.4 is 0 Å². The molecule has 0 aromatic heterocycles. The van der Waals surface area contributed by atoms with Crippen molar-refractivity contribution in [3.63, 3.8) is 0 Å². The SMILES string of the molecule is C=C1/C(=C\C=C2CCC[C@]3(C)[C@@H]([C@H](C)CC[C@@H](O)C4CC4)CC[C@@H]23)CC(O)C[C@@H]1O. The van der Waals surface area contributed by atoms with Gasteiger partial charge in [0.05, 0.1) is 18.3 Å². The Bertz CT molecular complexity index is 703. The molecule has 1 unspecified atom stereocenters. The van der Waals surface area contributed by atoms with Gasteiger partial charge in [0.25, 0.3) is 0 Å². The predicted molar refractivity (Wildman–Crippen MR) is 122 cm³/mol. The van der Waals surface area contributed by atoms with Crippen LogP contribution in [-0.2, 0) is 0 Å². The van der Waals surface area contributed by atoms with E-state index in [-0.39, 0.29) is 6.10 Å². The van der Waals surface area contributed by atoms with Crippen LogP contribution in [0.1, 0.15) is 84.5 Å². The quantitative estimate of drug-likeness (QED) is 0.552. The molecule has 0 heterocycles. The first-order chi connectivity index (χ1) is 14.3. The maximum Gasteiger partial charge on any atom is 0.0811 e. The zero-order valence-corrected chi connectivity index (χ0v) is 19.0. The second kappa shape index (κ2) is 8.92. The topological polar surface area (TPSA) is 60.7 Å². The molecule has 0 amide bonds. The van der Waals surface area contributed by atoms with Gasteiger partial charge >= 0.3 is 0 Å². The highest BCUT2D eigenvalue weighted by molar-refractivity contribution is 5.38. The lowest BCUT2D eigenvalue weighted by atomic mass is 9.60. The molecule has 3 heteroatoms. The monoisotopic (exact) mass is 414 g/mol. The van der Waals surface area contributed by atoms with Crippen LogP contribution in [0.3, 0.4) is 0 Å². The Labute approximate surface area is 183 Å². The lowest BCUT2D eigenvalue weighted by Crippen LogP contribution is -2.36. The largest absolute Gasteiger partial charge is 0.393 e. The van der Waals surface area contributed by atoms with Crippen LogP contribution in [0.2, 0.25) is 0 Å². The summed E-state index contributed by atoms with van der Waals surface area (Å²) in [6, 6.07) is 0. The van der Waals surface area contributed by atoms with Crippen molar-refractivity contribution in [2.24, 2.45) is 29.1 Å². The molecule has 30 heavy (non-hydrogen) atoms. The van der Waals surface area contributed by atoms with Crippen LogP contribution in [0.4, 0.5) is 0 Å². The van der Waals surface area contributed by atoms with Gasteiger partial charge in [-0.1, -0.05) is 38.2 Å². The van der Waals surface area contributed by atoms with Crippen molar-refractivity contribution in [1.82, 2.24) is 0 Å². The van der Waals surface area contributed by atoms with Crippen LogP contribution in [0, 0.1) is 29.1 Å². The van der Waals surface area contributed by atoms with E-state index >= 15 is 0 Å². The van der Waals surface area contributed by atoms with E-state index in [2.05, 4.69) is 32.6 Å². The summed E-state index contributed by atoms with van der Waals surface area (Å²) in [6.45, 7) is 9.01. The number of hydrogen-bond donors (Lipinski definition) is 3. The van der Waals surface area contributed by atoms with E-state index in [0.29, 0.717) is 36.0 Å². The van der Waals surface area contributed by atoms with Crippen LogP contribution in [0.5, 0.6) is 0 Å². The normalized spacial score (nSPS) is 41.8. The number of aliphatic hydroxyl groups is 3. The zero-order chi connectivity index (χ0) is 21.5. The Morgan fingerprint density at radius 1 is 1.13 bits per heavy atom. The van der Waals surface area contributed by atoms with Gasteiger partial charge in [0.15, 0.2) is 0 Å². The van der Waals surface area contributed by atoms with Crippen molar-refractivity contribution in [2.75, 3.05) is 0 Å². The van der Waals surface area contributed by atoms with Gasteiger partial charge in [0, 0.05) is 6.42 Å². The van der Waals surface area contributed by atoms with Crippen LogP contribution in [-0.4, -0.2) is 33.6 Å². The summed E-state index contributed by atoms with van der Waals surface area (Å²) in [5, 5.41) is 30.5. The van der Waals surface area contributed by atoms with Gasteiger partial charge in [-0.05, 0) is 104 Å². The number of fused-ring (bicyclic) bond motifs is 1. The van der Waals surface area contributed by atoms with Crippen molar-refractivity contribution in [3.05, 3.63) is 35.5 Å². The maximum atomic E-state index is 10.3. The molecule has 4 aliphatic carbocycles. The molecule has 7 atom stereocenters. The molecule has 0 radical (unpaired) electrons. The smallest absolute Gasteiger partial charge is 0.0811 e. The first kappa shape index (κ1) is 22.3. The molecule has 4 aliphatic rings. The minimum Gasteiger partial charge on any atom is -0.393 e. The Hall–Kier alpha value is -0.900. The van der Waals surface area contributed by atoms with E-state index in [4.69, 9.17) is 0 Å². The fraction of sp³-hybridized carbons (Fsp3) is 0.778. The third-order valence-electron chi connectivity index (χ3n) is 9.07. The summed E-state index contributed by atoms with van der Waals surface area (Å²) in [5.74, 6) is 2.66. The van der Waals surface area contributed by atoms with E-state index in [1.165, 1.54) is 44.9 Å². The third kappa shape index (κ3) is 4.49. The molecule has 3 nitrogen and oxygen atoms in total. The average Bonchev–Trinajstić information content (AvgIpc) is 3.49. The van der Waals surface area contributed by atoms with Crippen molar-refractivity contribution < 1.29 is 15.3 Å². The van der Waals surface area contributed by atoms with Crippen molar-refractivity contribution in [3.8, 4) is 0 Å². The molecule has 3 N–H and O–H groups in total. The maximum absolute atomic E-state index is 10.3. The zero-order valence-electron chi connectivity index (χ0n) is 19.0. The average molecular weight is 415 g/mol. The Morgan fingerprint density at radius 2 is 1.90 bits per heavy atom. The number of allylic oxidation sites excluding steroid dienone is 3. The van der Waals surface area contributed by atoms with Crippen molar-refractivity contribution in [2.45, 2.75) is 103 Å². The molecule has 4 fully saturated rings. The van der Waals surface area contributed by atoms with E-state index in [9.17, 15) is 15.3 Å². The molecule has 168 valence electrons. The molecule has 0 spiro atoms. The highest BCUT2D eigenvalue weighted by atomic mass is 16.3. The highest BCUT2D eigenvalue weighted by Crippen LogP contribution is 2.60. The Morgan fingerprint density at radius 3 is 2.63 bits per heavy atom. The van der Waals surface area contributed by atoms with Gasteiger partial charge in [0.1, 0.15) is 0 Å². The van der Waals surface area contributed by atoms with Gasteiger partial charge in [-0.15, -0.1) is 0 Å². The van der Waals surface area contributed by atoms with Crippen molar-refractivity contribution >= 4 is 0 Å². The lowest BCUT2D eigenvalue weighted by Gasteiger charge is -2.44. The molecular formula is C27H42O3. The first-order valence-electron chi connectivity index (χ1n) is 12.4. The van der Waals surface area contributed by atoms with Crippen LogP contribution in [0.25, 0.3) is 0 Å². The molecule has 0 aromatic rings. The summed E-state index contributed by atoms with van der Waals surface area (Å²) in [6.07, 6.45) is 15.2. The van der Waals surface area contributed by atoms with Gasteiger partial charge in [-0.2, -0.15) is 0 Å². The third-order valence-corrected chi connectivity index (χ3v) is 9.07. The summed E-state index contributed by atoms with van der Waals surface area (Å²) < 4.78 is 0. The molecule has 4 rings (SSSR count). The molecule has 0 aromatic carbocycles. The lowest BCUT2D eigenvalue weighted by molar-refractivity contribution is 0.0784. The second-order valence-electron chi connectivity index (χ2n) is 11.1. The van der Waals surface area contributed by atoms with E-state index in [1.807, 2.05) is 0 Å². The Kier molecular flexibility index (Phi) is 6.63. The predicted octanol–water partition coefficient (Wildman–Crippen LogP) is 5.31. The summed E-state index contributed by atoms with van der Waals surface area (Å²) in [4.78, 5) is 0. The van der Waals surface area contributed by atoms with Gasteiger partial charge in [0.2, 0.25) is 0 Å². The van der Waals surface area contributed by atoms with Gasteiger partial charge in [-0.25, -0.2) is 0 Å². The van der Waals surface area contributed by atoms with Crippen LogP contribution in [0.15, 0.2) is 35.5 Å². The van der Waals surface area contributed by atoms with E-state index in [1.54, 1.807) is 5.57 Å². The summed E-state index contributed by atoms with van der Waals surface area (Å²) in [5.41, 5.74) is 3.72. The van der Waals surface area contributed by atoms with Gasteiger partial charge in [-0.3, -0.25) is 0 Å².